The molecule has 0 spiro atoms. The van der Waals surface area contributed by atoms with E-state index in [0.717, 1.165) is 19.3 Å². The Morgan fingerprint density at radius 1 is 1.11 bits per heavy atom. The molecule has 0 saturated carbocycles. The van der Waals surface area contributed by atoms with Crippen LogP contribution in [0.3, 0.4) is 0 Å². The quantitative estimate of drug-likeness (QED) is 0.751. The molecule has 0 bridgehead atoms. The average molecular weight is 258 g/mol. The van der Waals surface area contributed by atoms with Crippen LogP contribution in [0, 0.1) is 0 Å². The van der Waals surface area contributed by atoms with Gasteiger partial charge in [-0.15, -0.1) is 0 Å². The lowest BCUT2D eigenvalue weighted by molar-refractivity contribution is 0.285. The highest BCUT2D eigenvalue weighted by molar-refractivity contribution is 7.08. The van der Waals surface area contributed by atoms with Crippen LogP contribution in [0.4, 0.5) is 0 Å². The van der Waals surface area contributed by atoms with E-state index in [9.17, 15) is 0 Å². The molecule has 0 atom stereocenters. The Labute approximate surface area is 112 Å². The number of hydrogen-bond donors (Lipinski definition) is 1. The van der Waals surface area contributed by atoms with Gasteiger partial charge >= 0.3 is 0 Å². The van der Waals surface area contributed by atoms with Gasteiger partial charge in [-0.2, -0.15) is 11.3 Å². The summed E-state index contributed by atoms with van der Waals surface area (Å²) in [6, 6.07) is 10.7. The molecule has 1 aromatic carbocycles. The van der Waals surface area contributed by atoms with E-state index in [0.29, 0.717) is 6.61 Å². The summed E-state index contributed by atoms with van der Waals surface area (Å²) in [5, 5.41) is 13.0. The largest absolute Gasteiger partial charge is 0.396 e. The smallest absolute Gasteiger partial charge is 0.0431 e. The molecule has 2 heteroatoms. The molecule has 1 aromatic heterocycles. The van der Waals surface area contributed by atoms with Crippen molar-refractivity contribution in [3.8, 4) is 11.1 Å². The van der Waals surface area contributed by atoms with E-state index in [1.165, 1.54) is 16.7 Å². The molecule has 0 unspecified atom stereocenters. The fourth-order valence-electron chi connectivity index (χ4n) is 1.84. The zero-order valence-corrected chi connectivity index (χ0v) is 11.2. The van der Waals surface area contributed by atoms with Crippen molar-refractivity contribution in [2.75, 3.05) is 6.61 Å². The molecule has 0 saturated heterocycles. The van der Waals surface area contributed by atoms with E-state index in [-0.39, 0.29) is 0 Å². The Morgan fingerprint density at radius 3 is 2.83 bits per heavy atom. The fraction of sp³-hybridized carbons (Fsp3) is 0.250. The van der Waals surface area contributed by atoms with Gasteiger partial charge in [0.15, 0.2) is 0 Å². The number of unbranched alkanes of at least 4 members (excludes halogenated alkanes) is 2. The van der Waals surface area contributed by atoms with Crippen molar-refractivity contribution >= 4 is 17.4 Å². The first-order valence-corrected chi connectivity index (χ1v) is 7.24. The predicted octanol–water partition coefficient (Wildman–Crippen LogP) is 4.59. The lowest BCUT2D eigenvalue weighted by Gasteiger charge is -2.00. The number of allylic oxidation sites excluding steroid dienone is 1. The van der Waals surface area contributed by atoms with Crippen molar-refractivity contribution in [3.05, 3.63) is 52.7 Å². The van der Waals surface area contributed by atoms with Gasteiger partial charge in [-0.3, -0.25) is 0 Å². The number of thiophene rings is 1. The highest BCUT2D eigenvalue weighted by Crippen LogP contribution is 2.23. The molecule has 1 N–H and O–H groups in total. The molecule has 0 amide bonds. The second kappa shape index (κ2) is 7.14. The summed E-state index contributed by atoms with van der Waals surface area (Å²) in [7, 11) is 0. The van der Waals surface area contributed by atoms with E-state index in [1.54, 1.807) is 11.3 Å². The average Bonchev–Trinajstić information content (AvgIpc) is 2.93. The molecule has 18 heavy (non-hydrogen) atoms. The molecule has 94 valence electrons. The summed E-state index contributed by atoms with van der Waals surface area (Å²) in [6.07, 6.45) is 7.31. The summed E-state index contributed by atoms with van der Waals surface area (Å²) in [6.45, 7) is 0.293. The van der Waals surface area contributed by atoms with Crippen LogP contribution in [0.2, 0.25) is 0 Å². The summed E-state index contributed by atoms with van der Waals surface area (Å²) >= 11 is 1.73. The van der Waals surface area contributed by atoms with Gasteiger partial charge in [-0.05, 0) is 58.8 Å². The van der Waals surface area contributed by atoms with Crippen molar-refractivity contribution in [2.45, 2.75) is 19.3 Å². The van der Waals surface area contributed by atoms with Crippen LogP contribution in [0.1, 0.15) is 24.8 Å². The zero-order valence-electron chi connectivity index (χ0n) is 10.4. The minimum atomic E-state index is 0.293. The van der Waals surface area contributed by atoms with Crippen LogP contribution >= 0.6 is 11.3 Å². The van der Waals surface area contributed by atoms with Gasteiger partial charge in [0.25, 0.3) is 0 Å². The number of benzene rings is 1. The van der Waals surface area contributed by atoms with Crippen LogP contribution in [0.5, 0.6) is 0 Å². The summed E-state index contributed by atoms with van der Waals surface area (Å²) in [5.41, 5.74) is 3.80. The highest BCUT2D eigenvalue weighted by Gasteiger charge is 1.97. The standard InChI is InChI=1S/C16H18OS/c17-10-4-2-1-3-6-14-7-5-8-15(12-14)16-9-11-18-13-16/h3,5-9,11-13,17H,1-2,4,10H2. The van der Waals surface area contributed by atoms with Crippen molar-refractivity contribution in [2.24, 2.45) is 0 Å². The topological polar surface area (TPSA) is 20.2 Å². The zero-order chi connectivity index (χ0) is 12.6. The Hall–Kier alpha value is -1.38. The number of aliphatic hydroxyl groups is 1. The Morgan fingerprint density at radius 2 is 2.06 bits per heavy atom. The number of rotatable bonds is 6. The van der Waals surface area contributed by atoms with Gasteiger partial charge < -0.3 is 5.11 Å². The first-order valence-electron chi connectivity index (χ1n) is 6.30. The normalized spacial score (nSPS) is 11.2. The molecule has 1 nitrogen and oxygen atoms in total. The van der Waals surface area contributed by atoms with Crippen molar-refractivity contribution in [3.63, 3.8) is 0 Å². The lowest BCUT2D eigenvalue weighted by atomic mass is 10.1. The van der Waals surface area contributed by atoms with Crippen LogP contribution in [0.15, 0.2) is 47.2 Å². The molecule has 1 heterocycles. The molecule has 0 aliphatic carbocycles. The number of aliphatic hydroxyl groups excluding tert-OH is 1. The monoisotopic (exact) mass is 258 g/mol. The second-order valence-electron chi connectivity index (χ2n) is 4.26. The third-order valence-electron chi connectivity index (χ3n) is 2.83. The van der Waals surface area contributed by atoms with Crippen LogP contribution in [-0.4, -0.2) is 11.7 Å². The summed E-state index contributed by atoms with van der Waals surface area (Å²) in [4.78, 5) is 0. The van der Waals surface area contributed by atoms with E-state index in [2.05, 4.69) is 53.2 Å². The van der Waals surface area contributed by atoms with E-state index >= 15 is 0 Å². The maximum atomic E-state index is 8.70. The van der Waals surface area contributed by atoms with E-state index in [1.807, 2.05) is 0 Å². The van der Waals surface area contributed by atoms with Gasteiger partial charge in [0.2, 0.25) is 0 Å². The first-order chi connectivity index (χ1) is 8.90. The molecular weight excluding hydrogens is 240 g/mol. The second-order valence-corrected chi connectivity index (χ2v) is 5.04. The predicted molar refractivity (Wildman–Crippen MR) is 79.7 cm³/mol. The Bertz CT molecular complexity index is 486. The molecule has 0 aliphatic rings. The van der Waals surface area contributed by atoms with Crippen LogP contribution in [0.25, 0.3) is 17.2 Å². The Kier molecular flexibility index (Phi) is 5.18. The maximum Gasteiger partial charge on any atom is 0.0431 e. The third-order valence-corrected chi connectivity index (χ3v) is 3.51. The highest BCUT2D eigenvalue weighted by atomic mass is 32.1. The number of hydrogen-bond acceptors (Lipinski definition) is 2. The van der Waals surface area contributed by atoms with Gasteiger partial charge in [0.05, 0.1) is 0 Å². The molecule has 2 aromatic rings. The van der Waals surface area contributed by atoms with Crippen molar-refractivity contribution < 1.29 is 5.11 Å². The minimum Gasteiger partial charge on any atom is -0.396 e. The molecule has 2 rings (SSSR count). The summed E-state index contributed by atoms with van der Waals surface area (Å²) in [5.74, 6) is 0. The van der Waals surface area contributed by atoms with Crippen LogP contribution in [-0.2, 0) is 0 Å². The lowest BCUT2D eigenvalue weighted by Crippen LogP contribution is -1.80. The molecule has 0 radical (unpaired) electrons. The van der Waals surface area contributed by atoms with E-state index in [4.69, 9.17) is 5.11 Å². The van der Waals surface area contributed by atoms with Gasteiger partial charge in [0.1, 0.15) is 0 Å². The fourth-order valence-corrected chi connectivity index (χ4v) is 2.51. The SMILES string of the molecule is OCCCCC=Cc1cccc(-c2ccsc2)c1. The van der Waals surface area contributed by atoms with Crippen LogP contribution < -0.4 is 0 Å². The van der Waals surface area contributed by atoms with Gasteiger partial charge in [0, 0.05) is 6.61 Å². The minimum absolute atomic E-state index is 0.293. The van der Waals surface area contributed by atoms with Gasteiger partial charge in [-0.1, -0.05) is 30.4 Å². The van der Waals surface area contributed by atoms with E-state index < -0.39 is 0 Å². The molecule has 0 fully saturated rings. The summed E-state index contributed by atoms with van der Waals surface area (Å²) < 4.78 is 0. The molecular formula is C16H18OS. The molecule has 0 aliphatic heterocycles. The third kappa shape index (κ3) is 3.83. The van der Waals surface area contributed by atoms with Crippen molar-refractivity contribution in [1.82, 2.24) is 0 Å². The van der Waals surface area contributed by atoms with Gasteiger partial charge in [-0.25, -0.2) is 0 Å². The Balaban J connectivity index is 1.99. The maximum absolute atomic E-state index is 8.70. The first kappa shape index (κ1) is 13.1. The van der Waals surface area contributed by atoms with Crippen molar-refractivity contribution in [1.29, 1.82) is 0 Å².